The number of hydrogen-bond acceptors (Lipinski definition) is 3. The van der Waals surface area contributed by atoms with Gasteiger partial charge in [0.25, 0.3) is 0 Å². The Bertz CT molecular complexity index is 564. The molecule has 3 nitrogen and oxygen atoms in total. The molecule has 2 rings (SSSR count). The molecule has 0 aromatic heterocycles. The Labute approximate surface area is 113 Å². The standard InChI is InChI=1S/C16H17NO2/c1-19-16-7-3-4-13(11-16)8-9-17-12-14-5-2-6-15(18)10-14/h2-7,10-12,18H,8-9H2,1H3. The Morgan fingerprint density at radius 1 is 1.16 bits per heavy atom. The van der Waals surface area contributed by atoms with Gasteiger partial charge in [0, 0.05) is 12.8 Å². The normalized spacial score (nSPS) is 10.8. The summed E-state index contributed by atoms with van der Waals surface area (Å²) in [7, 11) is 1.67. The van der Waals surface area contributed by atoms with E-state index in [9.17, 15) is 5.11 Å². The number of rotatable bonds is 5. The maximum absolute atomic E-state index is 9.33. The molecule has 1 N–H and O–H groups in total. The predicted molar refractivity (Wildman–Crippen MR) is 77.3 cm³/mol. The molecule has 19 heavy (non-hydrogen) atoms. The highest BCUT2D eigenvalue weighted by atomic mass is 16.5. The van der Waals surface area contributed by atoms with Crippen molar-refractivity contribution in [3.8, 4) is 11.5 Å². The van der Waals surface area contributed by atoms with E-state index in [-0.39, 0.29) is 5.75 Å². The number of phenols is 1. The van der Waals surface area contributed by atoms with Crippen LogP contribution in [-0.2, 0) is 6.42 Å². The van der Waals surface area contributed by atoms with Crippen molar-refractivity contribution < 1.29 is 9.84 Å². The van der Waals surface area contributed by atoms with E-state index >= 15 is 0 Å². The van der Waals surface area contributed by atoms with E-state index in [1.165, 1.54) is 5.56 Å². The van der Waals surface area contributed by atoms with Gasteiger partial charge in [-0.05, 0) is 41.8 Å². The Morgan fingerprint density at radius 2 is 2.00 bits per heavy atom. The second-order valence-corrected chi connectivity index (χ2v) is 4.23. The van der Waals surface area contributed by atoms with Gasteiger partial charge in [0.05, 0.1) is 7.11 Å². The number of aliphatic imine (C=N–C) groups is 1. The molecule has 0 heterocycles. The molecule has 0 aliphatic heterocycles. The summed E-state index contributed by atoms with van der Waals surface area (Å²) in [6.45, 7) is 0.711. The number of benzene rings is 2. The first-order chi connectivity index (χ1) is 9.28. The molecule has 0 unspecified atom stereocenters. The minimum Gasteiger partial charge on any atom is -0.508 e. The topological polar surface area (TPSA) is 41.8 Å². The van der Waals surface area contributed by atoms with Crippen molar-refractivity contribution in [2.75, 3.05) is 13.7 Å². The third-order valence-corrected chi connectivity index (χ3v) is 2.77. The summed E-state index contributed by atoms with van der Waals surface area (Å²) < 4.78 is 5.18. The van der Waals surface area contributed by atoms with E-state index in [1.807, 2.05) is 24.3 Å². The maximum Gasteiger partial charge on any atom is 0.119 e. The van der Waals surface area contributed by atoms with E-state index in [1.54, 1.807) is 31.5 Å². The number of hydrogen-bond donors (Lipinski definition) is 1. The highest BCUT2D eigenvalue weighted by Crippen LogP contribution is 2.13. The lowest BCUT2D eigenvalue weighted by molar-refractivity contribution is 0.414. The lowest BCUT2D eigenvalue weighted by Crippen LogP contribution is -1.92. The average molecular weight is 255 g/mol. The Balaban J connectivity index is 1.89. The van der Waals surface area contributed by atoms with Gasteiger partial charge in [-0.3, -0.25) is 4.99 Å². The fraction of sp³-hybridized carbons (Fsp3) is 0.188. The van der Waals surface area contributed by atoms with Crippen LogP contribution in [-0.4, -0.2) is 25.0 Å². The van der Waals surface area contributed by atoms with Crippen molar-refractivity contribution in [1.29, 1.82) is 0 Å². The van der Waals surface area contributed by atoms with E-state index in [0.29, 0.717) is 6.54 Å². The van der Waals surface area contributed by atoms with Crippen LogP contribution < -0.4 is 4.74 Å². The van der Waals surface area contributed by atoms with Crippen LogP contribution in [0.15, 0.2) is 53.5 Å². The molecule has 0 aliphatic carbocycles. The minimum absolute atomic E-state index is 0.261. The number of phenolic OH excluding ortho intramolecular Hbond substituents is 1. The lowest BCUT2D eigenvalue weighted by atomic mass is 10.1. The fourth-order valence-corrected chi connectivity index (χ4v) is 1.80. The Morgan fingerprint density at radius 3 is 2.79 bits per heavy atom. The lowest BCUT2D eigenvalue weighted by Gasteiger charge is -2.02. The molecule has 0 saturated heterocycles. The first kappa shape index (κ1) is 13.1. The third kappa shape index (κ3) is 4.14. The molecule has 98 valence electrons. The molecular formula is C16H17NO2. The van der Waals surface area contributed by atoms with Gasteiger partial charge in [-0.1, -0.05) is 24.3 Å². The van der Waals surface area contributed by atoms with Gasteiger partial charge >= 0.3 is 0 Å². The van der Waals surface area contributed by atoms with Gasteiger partial charge in [-0.15, -0.1) is 0 Å². The number of methoxy groups -OCH3 is 1. The summed E-state index contributed by atoms with van der Waals surface area (Å²) in [5.74, 6) is 1.13. The molecule has 3 heteroatoms. The van der Waals surface area contributed by atoms with Crippen molar-refractivity contribution >= 4 is 6.21 Å². The quantitative estimate of drug-likeness (QED) is 0.834. The van der Waals surface area contributed by atoms with Crippen LogP contribution in [0.25, 0.3) is 0 Å². The van der Waals surface area contributed by atoms with Crippen molar-refractivity contribution in [3.63, 3.8) is 0 Å². The van der Waals surface area contributed by atoms with Crippen LogP contribution >= 0.6 is 0 Å². The second kappa shape index (κ2) is 6.59. The van der Waals surface area contributed by atoms with Crippen LogP contribution in [0.2, 0.25) is 0 Å². The van der Waals surface area contributed by atoms with Crippen LogP contribution in [0.3, 0.4) is 0 Å². The monoisotopic (exact) mass is 255 g/mol. The van der Waals surface area contributed by atoms with E-state index in [0.717, 1.165) is 17.7 Å². The molecule has 0 spiro atoms. The van der Waals surface area contributed by atoms with Crippen LogP contribution in [0.4, 0.5) is 0 Å². The second-order valence-electron chi connectivity index (χ2n) is 4.23. The van der Waals surface area contributed by atoms with Gasteiger partial charge in [-0.2, -0.15) is 0 Å². The van der Waals surface area contributed by atoms with Gasteiger partial charge in [0.15, 0.2) is 0 Å². The third-order valence-electron chi connectivity index (χ3n) is 2.77. The molecule has 0 atom stereocenters. The SMILES string of the molecule is COc1cccc(CCN=Cc2cccc(O)c2)c1. The first-order valence-corrected chi connectivity index (χ1v) is 6.20. The number of nitrogens with zero attached hydrogens (tertiary/aromatic N) is 1. The molecule has 2 aromatic rings. The van der Waals surface area contributed by atoms with Crippen molar-refractivity contribution in [3.05, 3.63) is 59.7 Å². The Hall–Kier alpha value is -2.29. The highest BCUT2D eigenvalue weighted by molar-refractivity contribution is 5.80. The first-order valence-electron chi connectivity index (χ1n) is 6.20. The summed E-state index contributed by atoms with van der Waals surface area (Å²) in [5, 5.41) is 9.33. The zero-order valence-corrected chi connectivity index (χ0v) is 10.9. The molecule has 0 saturated carbocycles. The summed E-state index contributed by atoms with van der Waals surface area (Å²) in [6, 6.07) is 15.0. The molecule has 0 radical (unpaired) electrons. The zero-order valence-electron chi connectivity index (χ0n) is 10.9. The van der Waals surface area contributed by atoms with Crippen LogP contribution in [0, 0.1) is 0 Å². The Kier molecular flexibility index (Phi) is 4.56. The average Bonchev–Trinajstić information content (AvgIpc) is 2.44. The minimum atomic E-state index is 0.261. The molecule has 2 aromatic carbocycles. The van der Waals surface area contributed by atoms with E-state index in [4.69, 9.17) is 4.74 Å². The summed E-state index contributed by atoms with van der Waals surface area (Å²) in [4.78, 5) is 4.36. The van der Waals surface area contributed by atoms with Crippen molar-refractivity contribution in [2.45, 2.75) is 6.42 Å². The molecular weight excluding hydrogens is 238 g/mol. The number of aromatic hydroxyl groups is 1. The zero-order chi connectivity index (χ0) is 13.5. The summed E-state index contributed by atoms with van der Waals surface area (Å²) in [5.41, 5.74) is 2.11. The van der Waals surface area contributed by atoms with Gasteiger partial charge < -0.3 is 9.84 Å². The number of ether oxygens (including phenoxy) is 1. The highest BCUT2D eigenvalue weighted by Gasteiger charge is 1.95. The summed E-state index contributed by atoms with van der Waals surface area (Å²) in [6.07, 6.45) is 2.65. The summed E-state index contributed by atoms with van der Waals surface area (Å²) >= 11 is 0. The molecule has 0 fully saturated rings. The van der Waals surface area contributed by atoms with Crippen molar-refractivity contribution in [1.82, 2.24) is 0 Å². The van der Waals surface area contributed by atoms with Crippen LogP contribution in [0.5, 0.6) is 11.5 Å². The van der Waals surface area contributed by atoms with Crippen LogP contribution in [0.1, 0.15) is 11.1 Å². The van der Waals surface area contributed by atoms with Gasteiger partial charge in [0.2, 0.25) is 0 Å². The smallest absolute Gasteiger partial charge is 0.119 e. The maximum atomic E-state index is 9.33. The molecule has 0 aliphatic rings. The fourth-order valence-electron chi connectivity index (χ4n) is 1.80. The van der Waals surface area contributed by atoms with E-state index < -0.39 is 0 Å². The molecule has 0 bridgehead atoms. The van der Waals surface area contributed by atoms with Crippen molar-refractivity contribution in [2.24, 2.45) is 4.99 Å². The largest absolute Gasteiger partial charge is 0.508 e. The van der Waals surface area contributed by atoms with E-state index in [2.05, 4.69) is 11.1 Å². The van der Waals surface area contributed by atoms with Gasteiger partial charge in [-0.25, -0.2) is 0 Å². The predicted octanol–water partition coefficient (Wildman–Crippen LogP) is 3.06. The molecule has 0 amide bonds. The van der Waals surface area contributed by atoms with Gasteiger partial charge in [0.1, 0.15) is 11.5 Å².